The van der Waals surface area contributed by atoms with Crippen LogP contribution >= 0.6 is 15.9 Å². The molecule has 0 saturated carbocycles. The van der Waals surface area contributed by atoms with E-state index < -0.39 is 0 Å². The SMILES string of the molecule is COc1ccc(Cn2ccc3ccccc3c2=O)cc1Br. The summed E-state index contributed by atoms with van der Waals surface area (Å²) >= 11 is 3.47. The number of pyridine rings is 1. The summed E-state index contributed by atoms with van der Waals surface area (Å²) in [4.78, 5) is 12.5. The van der Waals surface area contributed by atoms with Crippen molar-refractivity contribution < 1.29 is 4.74 Å². The molecule has 0 amide bonds. The van der Waals surface area contributed by atoms with E-state index in [1.165, 1.54) is 0 Å². The fourth-order valence-corrected chi connectivity index (χ4v) is 2.95. The summed E-state index contributed by atoms with van der Waals surface area (Å²) in [5.74, 6) is 0.782. The minimum atomic E-state index is 0.0278. The van der Waals surface area contributed by atoms with Gasteiger partial charge >= 0.3 is 0 Å². The topological polar surface area (TPSA) is 31.2 Å². The molecule has 0 spiro atoms. The number of benzene rings is 2. The molecule has 4 heteroatoms. The first-order valence-corrected chi connectivity index (χ1v) is 7.39. The molecule has 0 bridgehead atoms. The first-order valence-electron chi connectivity index (χ1n) is 6.59. The van der Waals surface area contributed by atoms with Crippen molar-refractivity contribution in [3.05, 3.63) is 75.1 Å². The van der Waals surface area contributed by atoms with Crippen molar-refractivity contribution in [2.45, 2.75) is 6.54 Å². The van der Waals surface area contributed by atoms with Gasteiger partial charge in [0, 0.05) is 11.6 Å². The van der Waals surface area contributed by atoms with Gasteiger partial charge in [-0.1, -0.05) is 24.3 Å². The molecule has 3 rings (SSSR count). The number of halogens is 1. The van der Waals surface area contributed by atoms with Crippen LogP contribution in [0.15, 0.2) is 64.0 Å². The molecular weight excluding hydrogens is 330 g/mol. The van der Waals surface area contributed by atoms with Crippen LogP contribution in [0, 0.1) is 0 Å². The van der Waals surface area contributed by atoms with E-state index in [0.717, 1.165) is 26.6 Å². The van der Waals surface area contributed by atoms with Gasteiger partial charge in [-0.05, 0) is 51.1 Å². The highest BCUT2D eigenvalue weighted by Gasteiger charge is 2.05. The summed E-state index contributed by atoms with van der Waals surface area (Å²) in [6, 6.07) is 15.4. The molecule has 0 saturated heterocycles. The van der Waals surface area contributed by atoms with Crippen LogP contribution in [0.5, 0.6) is 5.75 Å². The molecule has 1 aromatic heterocycles. The smallest absolute Gasteiger partial charge is 0.258 e. The van der Waals surface area contributed by atoms with E-state index in [0.29, 0.717) is 6.54 Å². The molecule has 0 aliphatic carbocycles. The van der Waals surface area contributed by atoms with Crippen molar-refractivity contribution in [3.8, 4) is 5.75 Å². The quantitative estimate of drug-likeness (QED) is 0.723. The van der Waals surface area contributed by atoms with E-state index in [1.54, 1.807) is 11.7 Å². The second-order valence-electron chi connectivity index (χ2n) is 4.80. The number of nitrogens with zero attached hydrogens (tertiary/aromatic N) is 1. The van der Waals surface area contributed by atoms with Crippen molar-refractivity contribution in [3.63, 3.8) is 0 Å². The van der Waals surface area contributed by atoms with Gasteiger partial charge in [-0.3, -0.25) is 4.79 Å². The van der Waals surface area contributed by atoms with E-state index in [9.17, 15) is 4.79 Å². The normalized spacial score (nSPS) is 10.8. The van der Waals surface area contributed by atoms with Gasteiger partial charge in [0.15, 0.2) is 0 Å². The van der Waals surface area contributed by atoms with Gasteiger partial charge < -0.3 is 9.30 Å². The Morgan fingerprint density at radius 1 is 1.14 bits per heavy atom. The Labute approximate surface area is 130 Å². The molecule has 0 atom stereocenters. The standard InChI is InChI=1S/C17H14BrNO2/c1-21-16-7-6-12(10-15(16)18)11-19-9-8-13-4-2-3-5-14(13)17(19)20/h2-10H,11H2,1H3. The highest BCUT2D eigenvalue weighted by atomic mass is 79.9. The molecule has 21 heavy (non-hydrogen) atoms. The zero-order valence-electron chi connectivity index (χ0n) is 11.5. The van der Waals surface area contributed by atoms with Crippen molar-refractivity contribution in [2.24, 2.45) is 0 Å². The summed E-state index contributed by atoms with van der Waals surface area (Å²) in [5, 5.41) is 1.71. The summed E-state index contributed by atoms with van der Waals surface area (Å²) < 4.78 is 7.82. The Morgan fingerprint density at radius 2 is 1.95 bits per heavy atom. The largest absolute Gasteiger partial charge is 0.496 e. The lowest BCUT2D eigenvalue weighted by Crippen LogP contribution is -2.19. The first-order chi connectivity index (χ1) is 10.2. The second kappa shape index (κ2) is 5.74. The second-order valence-corrected chi connectivity index (χ2v) is 5.66. The monoisotopic (exact) mass is 343 g/mol. The van der Waals surface area contributed by atoms with Gasteiger partial charge in [0.25, 0.3) is 5.56 Å². The molecule has 2 aromatic carbocycles. The predicted molar refractivity (Wildman–Crippen MR) is 88.0 cm³/mol. The zero-order valence-corrected chi connectivity index (χ0v) is 13.1. The summed E-state index contributed by atoms with van der Waals surface area (Å²) in [6.45, 7) is 0.534. The van der Waals surface area contributed by atoms with E-state index in [2.05, 4.69) is 15.9 Å². The Morgan fingerprint density at radius 3 is 2.71 bits per heavy atom. The van der Waals surface area contributed by atoms with Crippen molar-refractivity contribution >= 4 is 26.7 Å². The molecule has 0 unspecified atom stereocenters. The first kappa shape index (κ1) is 13.9. The van der Waals surface area contributed by atoms with Crippen LogP contribution in [-0.4, -0.2) is 11.7 Å². The van der Waals surface area contributed by atoms with Crippen LogP contribution in [0.4, 0.5) is 0 Å². The van der Waals surface area contributed by atoms with Crippen LogP contribution in [0.3, 0.4) is 0 Å². The maximum Gasteiger partial charge on any atom is 0.258 e. The molecule has 0 radical (unpaired) electrons. The Kier molecular flexibility index (Phi) is 3.80. The fraction of sp³-hybridized carbons (Fsp3) is 0.118. The van der Waals surface area contributed by atoms with Crippen molar-refractivity contribution in [1.82, 2.24) is 4.57 Å². The number of fused-ring (bicyclic) bond motifs is 1. The van der Waals surface area contributed by atoms with E-state index >= 15 is 0 Å². The van der Waals surface area contributed by atoms with Crippen LogP contribution in [-0.2, 0) is 6.54 Å². The van der Waals surface area contributed by atoms with E-state index in [-0.39, 0.29) is 5.56 Å². The summed E-state index contributed by atoms with van der Waals surface area (Å²) in [5.41, 5.74) is 1.07. The molecule has 3 nitrogen and oxygen atoms in total. The van der Waals surface area contributed by atoms with Crippen molar-refractivity contribution in [1.29, 1.82) is 0 Å². The molecule has 106 valence electrons. The minimum Gasteiger partial charge on any atom is -0.496 e. The van der Waals surface area contributed by atoms with Crippen molar-refractivity contribution in [2.75, 3.05) is 7.11 Å². The molecule has 1 heterocycles. The van der Waals surface area contributed by atoms with Crippen LogP contribution in [0.1, 0.15) is 5.56 Å². The van der Waals surface area contributed by atoms with Gasteiger partial charge in [0.05, 0.1) is 18.1 Å². The third-order valence-corrected chi connectivity index (χ3v) is 4.07. The fourth-order valence-electron chi connectivity index (χ4n) is 2.36. The summed E-state index contributed by atoms with van der Waals surface area (Å²) in [6.07, 6.45) is 1.84. The number of rotatable bonds is 3. The molecule has 0 fully saturated rings. The number of hydrogen-bond donors (Lipinski definition) is 0. The van der Waals surface area contributed by atoms with Crippen LogP contribution in [0.25, 0.3) is 10.8 Å². The molecule has 0 aliphatic rings. The Hall–Kier alpha value is -2.07. The number of methoxy groups -OCH3 is 1. The lowest BCUT2D eigenvalue weighted by atomic mass is 10.1. The Balaban J connectivity index is 2.00. The highest BCUT2D eigenvalue weighted by Crippen LogP contribution is 2.25. The highest BCUT2D eigenvalue weighted by molar-refractivity contribution is 9.10. The zero-order chi connectivity index (χ0) is 14.8. The lowest BCUT2D eigenvalue weighted by molar-refractivity contribution is 0.412. The molecule has 3 aromatic rings. The summed E-state index contributed by atoms with van der Waals surface area (Å²) in [7, 11) is 1.63. The van der Waals surface area contributed by atoms with Gasteiger partial charge in [-0.15, -0.1) is 0 Å². The van der Waals surface area contributed by atoms with Crippen LogP contribution < -0.4 is 10.3 Å². The maximum absolute atomic E-state index is 12.5. The number of aromatic nitrogens is 1. The van der Waals surface area contributed by atoms with Gasteiger partial charge in [-0.2, -0.15) is 0 Å². The number of hydrogen-bond acceptors (Lipinski definition) is 2. The third kappa shape index (κ3) is 2.72. The predicted octanol–water partition coefficient (Wildman–Crippen LogP) is 3.82. The maximum atomic E-state index is 12.5. The van der Waals surface area contributed by atoms with E-state index in [4.69, 9.17) is 4.74 Å². The third-order valence-electron chi connectivity index (χ3n) is 3.46. The van der Waals surface area contributed by atoms with Gasteiger partial charge in [0.1, 0.15) is 5.75 Å². The van der Waals surface area contributed by atoms with Gasteiger partial charge in [0.2, 0.25) is 0 Å². The molecular formula is C17H14BrNO2. The average Bonchev–Trinajstić information content (AvgIpc) is 2.51. The molecule has 0 N–H and O–H groups in total. The Bertz CT molecular complexity index is 855. The number of ether oxygens (including phenoxy) is 1. The minimum absolute atomic E-state index is 0.0278. The van der Waals surface area contributed by atoms with E-state index in [1.807, 2.05) is 54.7 Å². The lowest BCUT2D eigenvalue weighted by Gasteiger charge is -2.09. The van der Waals surface area contributed by atoms with Gasteiger partial charge in [-0.25, -0.2) is 0 Å². The van der Waals surface area contributed by atoms with Crippen LogP contribution in [0.2, 0.25) is 0 Å². The molecule has 0 aliphatic heterocycles. The average molecular weight is 344 g/mol.